The second-order valence-corrected chi connectivity index (χ2v) is 9.73. The molecule has 0 saturated carbocycles. The van der Waals surface area contributed by atoms with Crippen LogP contribution in [0.5, 0.6) is 5.75 Å². The SMILES string of the molecule is CNC(=O)[C@@H](C)N(Cc1cccc(C)c1)C(=O)CN(c1cc(Cl)ccc1OC)S(C)(=O)=O. The summed E-state index contributed by atoms with van der Waals surface area (Å²) >= 11 is 6.07. The minimum absolute atomic E-state index is 0.138. The summed E-state index contributed by atoms with van der Waals surface area (Å²) in [6, 6.07) is 11.2. The topological polar surface area (TPSA) is 96.0 Å². The molecule has 10 heteroatoms. The molecular weight excluding hydrogens is 454 g/mol. The van der Waals surface area contributed by atoms with Crippen LogP contribution < -0.4 is 14.4 Å². The number of nitrogens with one attached hydrogen (secondary N) is 1. The van der Waals surface area contributed by atoms with E-state index in [1.165, 1.54) is 31.2 Å². The molecule has 1 atom stereocenters. The molecule has 8 nitrogen and oxygen atoms in total. The predicted molar refractivity (Wildman–Crippen MR) is 125 cm³/mol. The molecule has 0 aliphatic carbocycles. The zero-order valence-corrected chi connectivity index (χ0v) is 20.3. The Hall–Kier alpha value is -2.78. The van der Waals surface area contributed by atoms with E-state index in [2.05, 4.69) is 5.32 Å². The average molecular weight is 482 g/mol. The summed E-state index contributed by atoms with van der Waals surface area (Å²) in [5.41, 5.74) is 1.96. The Bertz CT molecular complexity index is 1090. The van der Waals surface area contributed by atoms with Gasteiger partial charge in [0.05, 0.1) is 19.1 Å². The molecular formula is C22H28ClN3O5S. The summed E-state index contributed by atoms with van der Waals surface area (Å²) in [6.07, 6.45) is 0.994. The number of aryl methyl sites for hydroxylation is 1. The number of likely N-dealkylation sites (N-methyl/N-ethyl adjacent to an activating group) is 1. The monoisotopic (exact) mass is 481 g/mol. The smallest absolute Gasteiger partial charge is 0.244 e. The fraction of sp³-hybridized carbons (Fsp3) is 0.364. The highest BCUT2D eigenvalue weighted by molar-refractivity contribution is 7.92. The minimum Gasteiger partial charge on any atom is -0.495 e. The normalized spacial score (nSPS) is 12.1. The highest BCUT2D eigenvalue weighted by Gasteiger charge is 2.31. The van der Waals surface area contributed by atoms with Crippen molar-refractivity contribution in [1.29, 1.82) is 0 Å². The van der Waals surface area contributed by atoms with Crippen LogP contribution in [0.15, 0.2) is 42.5 Å². The molecule has 0 unspecified atom stereocenters. The van der Waals surface area contributed by atoms with E-state index in [1.54, 1.807) is 13.0 Å². The van der Waals surface area contributed by atoms with Crippen LogP contribution in [-0.4, -0.2) is 58.1 Å². The molecule has 2 rings (SSSR count). The number of benzene rings is 2. The van der Waals surface area contributed by atoms with Crippen LogP contribution in [0.3, 0.4) is 0 Å². The lowest BCUT2D eigenvalue weighted by Crippen LogP contribution is -2.50. The maximum atomic E-state index is 13.4. The number of hydrogen-bond donors (Lipinski definition) is 1. The molecule has 2 aromatic carbocycles. The fourth-order valence-electron chi connectivity index (χ4n) is 3.25. The lowest BCUT2D eigenvalue weighted by atomic mass is 10.1. The molecule has 0 radical (unpaired) electrons. The number of amides is 2. The Balaban J connectivity index is 2.46. The Morgan fingerprint density at radius 1 is 1.19 bits per heavy atom. The zero-order chi connectivity index (χ0) is 24.1. The van der Waals surface area contributed by atoms with Gasteiger partial charge in [-0.3, -0.25) is 13.9 Å². The van der Waals surface area contributed by atoms with Crippen LogP contribution in [-0.2, 0) is 26.2 Å². The number of anilines is 1. The lowest BCUT2D eigenvalue weighted by Gasteiger charge is -2.31. The molecule has 174 valence electrons. The summed E-state index contributed by atoms with van der Waals surface area (Å²) in [4.78, 5) is 27.1. The quantitative estimate of drug-likeness (QED) is 0.594. The molecule has 0 fully saturated rings. The van der Waals surface area contributed by atoms with Crippen molar-refractivity contribution in [2.75, 3.05) is 31.3 Å². The first kappa shape index (κ1) is 25.5. The van der Waals surface area contributed by atoms with Gasteiger partial charge < -0.3 is 15.0 Å². The number of nitrogens with zero attached hydrogens (tertiary/aromatic N) is 2. The minimum atomic E-state index is -3.88. The van der Waals surface area contributed by atoms with Crippen molar-refractivity contribution in [3.05, 3.63) is 58.6 Å². The summed E-state index contributed by atoms with van der Waals surface area (Å²) in [5, 5.41) is 2.83. The number of sulfonamides is 1. The van der Waals surface area contributed by atoms with Crippen molar-refractivity contribution >= 4 is 39.1 Å². The number of hydrogen-bond acceptors (Lipinski definition) is 5. The van der Waals surface area contributed by atoms with Crippen LogP contribution in [0.1, 0.15) is 18.1 Å². The Kier molecular flexibility index (Phi) is 8.51. The second-order valence-electron chi connectivity index (χ2n) is 7.39. The number of carbonyl (C=O) groups excluding carboxylic acids is 2. The van der Waals surface area contributed by atoms with Crippen molar-refractivity contribution in [1.82, 2.24) is 10.2 Å². The van der Waals surface area contributed by atoms with Gasteiger partial charge in [-0.2, -0.15) is 0 Å². The van der Waals surface area contributed by atoms with Crippen molar-refractivity contribution < 1.29 is 22.7 Å². The van der Waals surface area contributed by atoms with Gasteiger partial charge in [-0.05, 0) is 37.6 Å². The summed E-state index contributed by atoms with van der Waals surface area (Å²) < 4.78 is 31.4. The van der Waals surface area contributed by atoms with E-state index in [9.17, 15) is 18.0 Å². The standard InChI is InChI=1S/C22H28ClN3O5S/c1-15-7-6-8-17(11-15)13-25(16(2)22(28)24-3)21(27)14-26(32(5,29)30)19-12-18(23)9-10-20(19)31-4/h6-12,16H,13-14H2,1-5H3,(H,24,28)/t16-/m1/s1. The number of carbonyl (C=O) groups is 2. The molecule has 2 amide bonds. The van der Waals surface area contributed by atoms with Gasteiger partial charge in [-0.25, -0.2) is 8.42 Å². The maximum absolute atomic E-state index is 13.4. The molecule has 0 aromatic heterocycles. The van der Waals surface area contributed by atoms with E-state index >= 15 is 0 Å². The molecule has 0 saturated heterocycles. The van der Waals surface area contributed by atoms with Gasteiger partial charge >= 0.3 is 0 Å². The third-order valence-corrected chi connectivity index (χ3v) is 6.30. The maximum Gasteiger partial charge on any atom is 0.244 e. The Labute approximate surface area is 194 Å². The van der Waals surface area contributed by atoms with Crippen LogP contribution >= 0.6 is 11.6 Å². The summed E-state index contributed by atoms with van der Waals surface area (Å²) in [6.45, 7) is 3.13. The van der Waals surface area contributed by atoms with Crippen LogP contribution in [0.2, 0.25) is 5.02 Å². The molecule has 0 aliphatic heterocycles. The molecule has 0 aliphatic rings. The Morgan fingerprint density at radius 3 is 2.44 bits per heavy atom. The number of ether oxygens (including phenoxy) is 1. The van der Waals surface area contributed by atoms with Gasteiger partial charge in [0.2, 0.25) is 21.8 Å². The second kappa shape index (κ2) is 10.7. The highest BCUT2D eigenvalue weighted by Crippen LogP contribution is 2.33. The van der Waals surface area contributed by atoms with E-state index in [4.69, 9.17) is 16.3 Å². The first-order chi connectivity index (χ1) is 15.0. The third-order valence-electron chi connectivity index (χ3n) is 4.94. The molecule has 2 aromatic rings. The number of methoxy groups -OCH3 is 1. The Morgan fingerprint density at radius 2 is 1.88 bits per heavy atom. The van der Waals surface area contributed by atoms with Gasteiger partial charge in [0.1, 0.15) is 18.3 Å². The van der Waals surface area contributed by atoms with Crippen LogP contribution in [0, 0.1) is 6.92 Å². The van der Waals surface area contributed by atoms with E-state index in [1.807, 2.05) is 31.2 Å². The van der Waals surface area contributed by atoms with E-state index < -0.39 is 28.5 Å². The van der Waals surface area contributed by atoms with Gasteiger partial charge in [0.25, 0.3) is 0 Å². The fourth-order valence-corrected chi connectivity index (χ4v) is 4.26. The van der Waals surface area contributed by atoms with Crippen molar-refractivity contribution in [3.8, 4) is 5.75 Å². The summed E-state index contributed by atoms with van der Waals surface area (Å²) in [7, 11) is -1.00. The summed E-state index contributed by atoms with van der Waals surface area (Å²) in [5.74, 6) is -0.662. The molecule has 0 heterocycles. The van der Waals surface area contributed by atoms with Gasteiger partial charge in [-0.15, -0.1) is 0 Å². The molecule has 0 bridgehead atoms. The van der Waals surface area contributed by atoms with Crippen molar-refractivity contribution in [2.24, 2.45) is 0 Å². The largest absolute Gasteiger partial charge is 0.495 e. The highest BCUT2D eigenvalue weighted by atomic mass is 35.5. The van der Waals surface area contributed by atoms with Crippen molar-refractivity contribution in [2.45, 2.75) is 26.4 Å². The molecule has 1 N–H and O–H groups in total. The van der Waals surface area contributed by atoms with Gasteiger partial charge in [-0.1, -0.05) is 41.4 Å². The number of halogens is 1. The average Bonchev–Trinajstić information content (AvgIpc) is 2.73. The van der Waals surface area contributed by atoms with Crippen LogP contribution in [0.25, 0.3) is 0 Å². The third kappa shape index (κ3) is 6.37. The predicted octanol–water partition coefficient (Wildman–Crippen LogP) is 2.59. The molecule has 0 spiro atoms. The van der Waals surface area contributed by atoms with Crippen LogP contribution in [0.4, 0.5) is 5.69 Å². The first-order valence-corrected chi connectivity index (χ1v) is 12.1. The molecule has 32 heavy (non-hydrogen) atoms. The van der Waals surface area contributed by atoms with Crippen molar-refractivity contribution in [3.63, 3.8) is 0 Å². The van der Waals surface area contributed by atoms with Gasteiger partial charge in [0.15, 0.2) is 0 Å². The van der Waals surface area contributed by atoms with Gasteiger partial charge in [0, 0.05) is 18.6 Å². The number of rotatable bonds is 9. The first-order valence-electron chi connectivity index (χ1n) is 9.85. The van der Waals surface area contributed by atoms with E-state index in [0.29, 0.717) is 0 Å². The zero-order valence-electron chi connectivity index (χ0n) is 18.8. The van der Waals surface area contributed by atoms with E-state index in [-0.39, 0.29) is 28.9 Å². The lowest BCUT2D eigenvalue weighted by molar-refractivity contribution is -0.139. The van der Waals surface area contributed by atoms with E-state index in [0.717, 1.165) is 21.7 Å².